The molecule has 490 valence electrons. The second-order valence-electron chi connectivity index (χ2n) is 26.0. The summed E-state index contributed by atoms with van der Waals surface area (Å²) in [6, 6.07) is -0.633. The predicted molar refractivity (Wildman–Crippen MR) is 366 cm³/mol. The van der Waals surface area contributed by atoms with E-state index in [4.69, 9.17) is 4.74 Å². The number of hydrogen-bond acceptors (Lipinski definition) is 5. The number of unbranched alkanes of at least 4 members (excludes halogenated alkanes) is 56. The van der Waals surface area contributed by atoms with Crippen LogP contribution in [0.5, 0.6) is 0 Å². The number of aliphatic hydroxyl groups is 2. The van der Waals surface area contributed by atoms with Crippen molar-refractivity contribution in [2.75, 3.05) is 13.2 Å². The highest BCUT2D eigenvalue weighted by atomic mass is 16.5. The lowest BCUT2D eigenvalue weighted by atomic mass is 10.0. The maximum atomic E-state index is 12.5. The number of ether oxygens (including phenoxy) is 1. The van der Waals surface area contributed by atoms with Crippen LogP contribution in [0.25, 0.3) is 0 Å². The molecule has 2 unspecified atom stereocenters. The van der Waals surface area contributed by atoms with E-state index in [9.17, 15) is 19.8 Å². The molecular formula is C77H147NO5. The number of aliphatic hydroxyl groups excluding tert-OH is 2. The standard InChI is InChI=1S/C77H147NO5/c1-3-5-7-9-11-13-15-17-19-21-22-23-24-25-28-31-34-38-41-45-49-53-57-61-65-69-75(80)74(73-79)78-76(81)70-66-62-58-54-50-46-42-39-35-32-29-26-27-30-33-36-40-44-48-52-56-60-64-68-72-83-77(82)71-67-63-59-55-51-47-43-37-20-18-16-14-12-10-8-6-4-2/h18,20,29,32,65,69,74-75,79-80H,3-17,19,21-28,30-31,33-64,66-68,70-73H2,1-2H3,(H,78,81)/b20-18-,32-29-,69-65+. The Labute approximate surface area is 519 Å². The van der Waals surface area contributed by atoms with E-state index in [2.05, 4.69) is 43.5 Å². The molecule has 6 heteroatoms. The van der Waals surface area contributed by atoms with E-state index >= 15 is 0 Å². The summed E-state index contributed by atoms with van der Waals surface area (Å²) in [6.45, 7) is 4.94. The molecule has 0 aromatic heterocycles. The van der Waals surface area contributed by atoms with Crippen molar-refractivity contribution in [3.8, 4) is 0 Å². The van der Waals surface area contributed by atoms with Crippen molar-refractivity contribution in [2.45, 2.75) is 431 Å². The average molecular weight is 1170 g/mol. The second kappa shape index (κ2) is 72.6. The Kier molecular flexibility index (Phi) is 70.9. The molecule has 0 spiro atoms. The van der Waals surface area contributed by atoms with Gasteiger partial charge in [0.2, 0.25) is 5.91 Å². The Bertz CT molecular complexity index is 1340. The van der Waals surface area contributed by atoms with Crippen LogP contribution < -0.4 is 5.32 Å². The van der Waals surface area contributed by atoms with Crippen molar-refractivity contribution < 1.29 is 24.5 Å². The molecule has 6 nitrogen and oxygen atoms in total. The van der Waals surface area contributed by atoms with E-state index in [1.807, 2.05) is 6.08 Å². The third-order valence-electron chi connectivity index (χ3n) is 17.6. The first-order chi connectivity index (χ1) is 41.0. The third kappa shape index (κ3) is 69.1. The highest BCUT2D eigenvalue weighted by molar-refractivity contribution is 5.76. The first kappa shape index (κ1) is 81.1. The van der Waals surface area contributed by atoms with Gasteiger partial charge < -0.3 is 20.3 Å². The normalized spacial score (nSPS) is 12.7. The van der Waals surface area contributed by atoms with E-state index < -0.39 is 12.1 Å². The minimum atomic E-state index is -0.850. The van der Waals surface area contributed by atoms with Gasteiger partial charge in [0.1, 0.15) is 0 Å². The molecule has 0 saturated carbocycles. The quantitative estimate of drug-likeness (QED) is 0.0320. The molecular weight excluding hydrogens is 1020 g/mol. The van der Waals surface area contributed by atoms with Gasteiger partial charge in [-0.2, -0.15) is 0 Å². The van der Waals surface area contributed by atoms with Crippen LogP contribution in [0, 0.1) is 0 Å². The van der Waals surface area contributed by atoms with Crippen LogP contribution in [-0.2, 0) is 14.3 Å². The number of nitrogens with one attached hydrogen (secondary N) is 1. The first-order valence-electron chi connectivity index (χ1n) is 37.8. The van der Waals surface area contributed by atoms with Gasteiger partial charge in [-0.1, -0.05) is 359 Å². The van der Waals surface area contributed by atoms with Gasteiger partial charge in [-0.05, 0) is 83.5 Å². The molecule has 83 heavy (non-hydrogen) atoms. The number of rotatable bonds is 71. The molecule has 0 radical (unpaired) electrons. The molecule has 0 rings (SSSR count). The van der Waals surface area contributed by atoms with Crippen molar-refractivity contribution in [1.29, 1.82) is 0 Å². The summed E-state index contributed by atoms with van der Waals surface area (Å²) in [6.07, 6.45) is 93.8. The Balaban J connectivity index is 3.42. The number of amides is 1. The fourth-order valence-corrected chi connectivity index (χ4v) is 11.9. The first-order valence-corrected chi connectivity index (χ1v) is 37.8. The molecule has 0 aliphatic carbocycles. The highest BCUT2D eigenvalue weighted by Gasteiger charge is 2.18. The minimum Gasteiger partial charge on any atom is -0.466 e. The van der Waals surface area contributed by atoms with Gasteiger partial charge >= 0.3 is 5.97 Å². The Morgan fingerprint density at radius 3 is 0.855 bits per heavy atom. The van der Waals surface area contributed by atoms with E-state index in [1.54, 1.807) is 6.08 Å². The smallest absolute Gasteiger partial charge is 0.305 e. The Morgan fingerprint density at radius 2 is 0.566 bits per heavy atom. The topological polar surface area (TPSA) is 95.9 Å². The molecule has 0 aliphatic rings. The summed E-state index contributed by atoms with van der Waals surface area (Å²) in [5.41, 5.74) is 0. The molecule has 0 heterocycles. The summed E-state index contributed by atoms with van der Waals surface area (Å²) in [7, 11) is 0. The van der Waals surface area contributed by atoms with Crippen LogP contribution in [0.1, 0.15) is 418 Å². The average Bonchev–Trinajstić information content (AvgIpc) is 3.49. The molecule has 0 aromatic rings. The summed E-state index contributed by atoms with van der Waals surface area (Å²) in [5.74, 6) is -0.0586. The summed E-state index contributed by atoms with van der Waals surface area (Å²) in [5, 5.41) is 23.3. The number of hydrogen-bond donors (Lipinski definition) is 3. The van der Waals surface area contributed by atoms with Gasteiger partial charge in [0.05, 0.1) is 25.4 Å². The van der Waals surface area contributed by atoms with Crippen LogP contribution in [0.15, 0.2) is 36.5 Å². The van der Waals surface area contributed by atoms with Crippen LogP contribution in [-0.4, -0.2) is 47.4 Å². The van der Waals surface area contributed by atoms with Crippen molar-refractivity contribution in [3.63, 3.8) is 0 Å². The Morgan fingerprint density at radius 1 is 0.325 bits per heavy atom. The van der Waals surface area contributed by atoms with Crippen LogP contribution in [0.4, 0.5) is 0 Å². The fourth-order valence-electron chi connectivity index (χ4n) is 11.9. The third-order valence-corrected chi connectivity index (χ3v) is 17.6. The molecule has 3 N–H and O–H groups in total. The fraction of sp³-hybridized carbons (Fsp3) is 0.896. The zero-order valence-corrected chi connectivity index (χ0v) is 56.2. The second-order valence-corrected chi connectivity index (χ2v) is 26.0. The van der Waals surface area contributed by atoms with Gasteiger partial charge in [0, 0.05) is 12.8 Å². The zero-order chi connectivity index (χ0) is 59.9. The lowest BCUT2D eigenvalue weighted by molar-refractivity contribution is -0.143. The lowest BCUT2D eigenvalue weighted by Gasteiger charge is -2.20. The summed E-state index contributed by atoms with van der Waals surface area (Å²) >= 11 is 0. The Hall–Kier alpha value is -1.92. The monoisotopic (exact) mass is 1170 g/mol. The van der Waals surface area contributed by atoms with Crippen molar-refractivity contribution in [1.82, 2.24) is 5.32 Å². The van der Waals surface area contributed by atoms with Gasteiger partial charge in [-0.15, -0.1) is 0 Å². The number of allylic oxidation sites excluding steroid dienone is 5. The van der Waals surface area contributed by atoms with Crippen molar-refractivity contribution in [2.24, 2.45) is 0 Å². The summed E-state index contributed by atoms with van der Waals surface area (Å²) in [4.78, 5) is 24.6. The van der Waals surface area contributed by atoms with Crippen LogP contribution >= 0.6 is 0 Å². The number of carbonyl (C=O) groups excluding carboxylic acids is 2. The SMILES string of the molecule is CCCCCCCC/C=C\CCCCCCCCCC(=O)OCCCCCCCCCCCCCC/C=C\CCCCCCCCCCC(=O)NC(CO)C(O)/C=C/CCCCCCCCCCCCCCCCCCCCCCCCC. The van der Waals surface area contributed by atoms with Gasteiger partial charge in [-0.25, -0.2) is 0 Å². The molecule has 0 aliphatic heterocycles. The maximum absolute atomic E-state index is 12.5. The van der Waals surface area contributed by atoms with Crippen LogP contribution in [0.3, 0.4) is 0 Å². The van der Waals surface area contributed by atoms with E-state index in [0.29, 0.717) is 19.4 Å². The highest BCUT2D eigenvalue weighted by Crippen LogP contribution is 2.19. The lowest BCUT2D eigenvalue weighted by Crippen LogP contribution is -2.45. The van der Waals surface area contributed by atoms with Gasteiger partial charge in [0.25, 0.3) is 0 Å². The summed E-state index contributed by atoms with van der Waals surface area (Å²) < 4.78 is 5.50. The molecule has 0 saturated heterocycles. The van der Waals surface area contributed by atoms with Gasteiger partial charge in [-0.3, -0.25) is 9.59 Å². The molecule has 2 atom stereocenters. The minimum absolute atomic E-state index is 0.00952. The number of esters is 1. The van der Waals surface area contributed by atoms with Gasteiger partial charge in [0.15, 0.2) is 0 Å². The van der Waals surface area contributed by atoms with Crippen molar-refractivity contribution >= 4 is 11.9 Å². The number of carbonyl (C=O) groups is 2. The largest absolute Gasteiger partial charge is 0.466 e. The molecule has 0 fully saturated rings. The zero-order valence-electron chi connectivity index (χ0n) is 56.2. The van der Waals surface area contributed by atoms with E-state index in [-0.39, 0.29) is 18.5 Å². The van der Waals surface area contributed by atoms with E-state index in [1.165, 1.54) is 347 Å². The van der Waals surface area contributed by atoms with Crippen LogP contribution in [0.2, 0.25) is 0 Å². The molecule has 0 bridgehead atoms. The molecule has 1 amide bonds. The molecule has 0 aromatic carbocycles. The van der Waals surface area contributed by atoms with E-state index in [0.717, 1.165) is 44.9 Å². The predicted octanol–water partition coefficient (Wildman–Crippen LogP) is 24.7. The van der Waals surface area contributed by atoms with Crippen molar-refractivity contribution in [3.05, 3.63) is 36.5 Å². The maximum Gasteiger partial charge on any atom is 0.305 e.